The van der Waals surface area contributed by atoms with E-state index in [2.05, 4.69) is 10.1 Å². The maximum absolute atomic E-state index is 12.9. The first-order chi connectivity index (χ1) is 13.7. The molecule has 0 atom stereocenters. The Labute approximate surface area is 165 Å². The Kier molecular flexibility index (Phi) is 4.64. The number of carbonyl (C=O) groups is 1. The summed E-state index contributed by atoms with van der Waals surface area (Å²) in [4.78, 5) is 18.5. The molecular formula is C21H18F3N3O2. The number of nitrogens with zero attached hydrogens (tertiary/aromatic N) is 3. The summed E-state index contributed by atoms with van der Waals surface area (Å²) in [5, 5.41) is 3.80. The lowest BCUT2D eigenvalue weighted by Gasteiger charge is -2.37. The lowest BCUT2D eigenvalue weighted by molar-refractivity contribution is -0.137. The van der Waals surface area contributed by atoms with Crippen LogP contribution >= 0.6 is 0 Å². The van der Waals surface area contributed by atoms with Crippen LogP contribution in [0.5, 0.6) is 0 Å². The lowest BCUT2D eigenvalue weighted by Crippen LogP contribution is -2.48. The lowest BCUT2D eigenvalue weighted by atomic mass is 9.97. The average Bonchev–Trinajstić information content (AvgIpc) is 3.12. The summed E-state index contributed by atoms with van der Waals surface area (Å²) in [5.41, 5.74) is 2.26. The Morgan fingerprint density at radius 1 is 1.10 bits per heavy atom. The predicted octanol–water partition coefficient (Wildman–Crippen LogP) is 4.61. The SMILES string of the molecule is Cc1ccc(C(=O)N2CC(c3nc(-c4cccc(C(F)(F)F)c4)no3)C2)cc1C. The molecule has 8 heteroatoms. The molecule has 0 aliphatic carbocycles. The van der Waals surface area contributed by atoms with Crippen molar-refractivity contribution in [1.82, 2.24) is 15.0 Å². The second kappa shape index (κ2) is 7.02. The zero-order valence-electron chi connectivity index (χ0n) is 15.8. The second-order valence-corrected chi connectivity index (χ2v) is 7.24. The smallest absolute Gasteiger partial charge is 0.339 e. The molecule has 2 aromatic carbocycles. The van der Waals surface area contributed by atoms with Gasteiger partial charge in [0, 0.05) is 24.2 Å². The number of aromatic nitrogens is 2. The Hall–Kier alpha value is -3.16. The number of benzene rings is 2. The molecule has 1 aliphatic rings. The van der Waals surface area contributed by atoms with Crippen LogP contribution in [0.15, 0.2) is 47.0 Å². The van der Waals surface area contributed by atoms with E-state index in [1.165, 1.54) is 12.1 Å². The van der Waals surface area contributed by atoms with E-state index >= 15 is 0 Å². The van der Waals surface area contributed by atoms with Crippen LogP contribution in [0.2, 0.25) is 0 Å². The van der Waals surface area contributed by atoms with Gasteiger partial charge in [0.15, 0.2) is 0 Å². The minimum absolute atomic E-state index is 0.0676. The van der Waals surface area contributed by atoms with Gasteiger partial charge in [0.2, 0.25) is 11.7 Å². The van der Waals surface area contributed by atoms with Gasteiger partial charge >= 0.3 is 6.18 Å². The van der Waals surface area contributed by atoms with E-state index in [0.29, 0.717) is 24.5 Å². The third-order valence-electron chi connectivity index (χ3n) is 5.16. The summed E-state index contributed by atoms with van der Waals surface area (Å²) in [6, 6.07) is 10.4. The molecule has 1 aromatic heterocycles. The van der Waals surface area contributed by atoms with E-state index in [4.69, 9.17) is 4.52 Å². The number of halogens is 3. The van der Waals surface area contributed by atoms with Crippen LogP contribution in [-0.4, -0.2) is 34.0 Å². The van der Waals surface area contributed by atoms with Crippen molar-refractivity contribution in [3.05, 3.63) is 70.6 Å². The first kappa shape index (κ1) is 19.2. The van der Waals surface area contributed by atoms with Gasteiger partial charge in [-0.05, 0) is 49.2 Å². The molecule has 1 fully saturated rings. The monoisotopic (exact) mass is 401 g/mol. The molecule has 1 amide bonds. The van der Waals surface area contributed by atoms with Crippen molar-refractivity contribution in [1.29, 1.82) is 0 Å². The molecule has 1 aliphatic heterocycles. The molecular weight excluding hydrogens is 383 g/mol. The maximum Gasteiger partial charge on any atom is 0.416 e. The molecule has 0 N–H and O–H groups in total. The van der Waals surface area contributed by atoms with Crippen molar-refractivity contribution in [3.8, 4) is 11.4 Å². The highest BCUT2D eigenvalue weighted by molar-refractivity contribution is 5.95. The highest BCUT2D eigenvalue weighted by Crippen LogP contribution is 2.33. The summed E-state index contributed by atoms with van der Waals surface area (Å²) < 4.78 is 43.9. The van der Waals surface area contributed by atoms with Crippen LogP contribution in [0.3, 0.4) is 0 Å². The summed E-state index contributed by atoms with van der Waals surface area (Å²) in [7, 11) is 0. The highest BCUT2D eigenvalue weighted by Gasteiger charge is 2.36. The topological polar surface area (TPSA) is 59.2 Å². The first-order valence-electron chi connectivity index (χ1n) is 9.10. The van der Waals surface area contributed by atoms with Gasteiger partial charge in [0.1, 0.15) is 0 Å². The third kappa shape index (κ3) is 3.74. The summed E-state index contributed by atoms with van der Waals surface area (Å²) in [6.07, 6.45) is -4.44. The molecule has 0 bridgehead atoms. The van der Waals surface area contributed by atoms with E-state index in [-0.39, 0.29) is 23.2 Å². The molecule has 150 valence electrons. The van der Waals surface area contributed by atoms with Crippen molar-refractivity contribution in [2.75, 3.05) is 13.1 Å². The van der Waals surface area contributed by atoms with Crippen LogP contribution in [0.25, 0.3) is 11.4 Å². The summed E-state index contributed by atoms with van der Waals surface area (Å²) >= 11 is 0. The number of hydrogen-bond donors (Lipinski definition) is 0. The fourth-order valence-electron chi connectivity index (χ4n) is 3.21. The largest absolute Gasteiger partial charge is 0.416 e. The van der Waals surface area contributed by atoms with Crippen LogP contribution in [0, 0.1) is 13.8 Å². The third-order valence-corrected chi connectivity index (χ3v) is 5.16. The number of hydrogen-bond acceptors (Lipinski definition) is 4. The van der Waals surface area contributed by atoms with Crippen LogP contribution in [0.1, 0.15) is 38.9 Å². The molecule has 3 aromatic rings. The van der Waals surface area contributed by atoms with Gasteiger partial charge in [0.25, 0.3) is 5.91 Å². The quantitative estimate of drug-likeness (QED) is 0.643. The maximum atomic E-state index is 12.9. The number of likely N-dealkylation sites (tertiary alicyclic amines) is 1. The van der Waals surface area contributed by atoms with E-state index < -0.39 is 11.7 Å². The zero-order chi connectivity index (χ0) is 20.8. The normalized spacial score (nSPS) is 14.7. The van der Waals surface area contributed by atoms with Crippen molar-refractivity contribution < 1.29 is 22.5 Å². The van der Waals surface area contributed by atoms with Crippen molar-refractivity contribution in [2.24, 2.45) is 0 Å². The first-order valence-corrected chi connectivity index (χ1v) is 9.10. The molecule has 5 nitrogen and oxygen atoms in total. The number of aryl methyl sites for hydroxylation is 2. The van der Waals surface area contributed by atoms with Crippen molar-refractivity contribution in [2.45, 2.75) is 25.9 Å². The van der Waals surface area contributed by atoms with Gasteiger partial charge in [-0.15, -0.1) is 0 Å². The van der Waals surface area contributed by atoms with Gasteiger partial charge in [-0.1, -0.05) is 23.4 Å². The van der Waals surface area contributed by atoms with Crippen LogP contribution in [0.4, 0.5) is 13.2 Å². The fourth-order valence-corrected chi connectivity index (χ4v) is 3.21. The second-order valence-electron chi connectivity index (χ2n) is 7.24. The van der Waals surface area contributed by atoms with Crippen LogP contribution in [-0.2, 0) is 6.18 Å². The van der Waals surface area contributed by atoms with Crippen LogP contribution < -0.4 is 0 Å². The number of alkyl halides is 3. The number of rotatable bonds is 3. The minimum atomic E-state index is -4.44. The molecule has 1 saturated heterocycles. The van der Waals surface area contributed by atoms with E-state index in [9.17, 15) is 18.0 Å². The van der Waals surface area contributed by atoms with Gasteiger partial charge in [0.05, 0.1) is 11.5 Å². The summed E-state index contributed by atoms with van der Waals surface area (Å²) in [5.74, 6) is 0.228. The van der Waals surface area contributed by atoms with E-state index in [1.54, 1.807) is 11.0 Å². The Balaban J connectivity index is 1.44. The Morgan fingerprint density at radius 3 is 2.55 bits per heavy atom. The average molecular weight is 401 g/mol. The minimum Gasteiger partial charge on any atom is -0.339 e. The van der Waals surface area contributed by atoms with Gasteiger partial charge < -0.3 is 9.42 Å². The predicted molar refractivity (Wildman–Crippen MR) is 99.3 cm³/mol. The van der Waals surface area contributed by atoms with Gasteiger partial charge in [-0.3, -0.25) is 4.79 Å². The molecule has 2 heterocycles. The van der Waals surface area contributed by atoms with E-state index in [0.717, 1.165) is 23.3 Å². The molecule has 29 heavy (non-hydrogen) atoms. The molecule has 0 spiro atoms. The zero-order valence-corrected chi connectivity index (χ0v) is 15.8. The van der Waals surface area contributed by atoms with Gasteiger partial charge in [-0.2, -0.15) is 18.2 Å². The van der Waals surface area contributed by atoms with Gasteiger partial charge in [-0.25, -0.2) is 0 Å². The van der Waals surface area contributed by atoms with E-state index in [1.807, 2.05) is 26.0 Å². The summed E-state index contributed by atoms with van der Waals surface area (Å²) in [6.45, 7) is 4.80. The standard InChI is InChI=1S/C21H18F3N3O2/c1-12-6-7-15(8-13(12)2)20(28)27-10-16(11-27)19-25-18(26-29-19)14-4-3-5-17(9-14)21(22,23)24/h3-9,16H,10-11H2,1-2H3. The Morgan fingerprint density at radius 2 is 1.86 bits per heavy atom. The molecule has 4 rings (SSSR count). The van der Waals surface area contributed by atoms with Crippen molar-refractivity contribution in [3.63, 3.8) is 0 Å². The fraction of sp³-hybridized carbons (Fsp3) is 0.286. The molecule has 0 saturated carbocycles. The number of carbonyl (C=O) groups excluding carboxylic acids is 1. The molecule has 0 radical (unpaired) electrons. The highest BCUT2D eigenvalue weighted by atomic mass is 19.4. The molecule has 0 unspecified atom stereocenters. The van der Waals surface area contributed by atoms with Crippen molar-refractivity contribution >= 4 is 5.91 Å². The number of amides is 1. The Bertz CT molecular complexity index is 1070.